The highest BCUT2D eigenvalue weighted by Crippen LogP contribution is 2.35. The molecule has 7 heteroatoms. The fourth-order valence-corrected chi connectivity index (χ4v) is 4.43. The van der Waals surface area contributed by atoms with E-state index in [9.17, 15) is 13.6 Å². The van der Waals surface area contributed by atoms with Crippen molar-refractivity contribution in [3.63, 3.8) is 0 Å². The van der Waals surface area contributed by atoms with E-state index in [1.54, 1.807) is 28.9 Å². The number of benzene rings is 1. The van der Waals surface area contributed by atoms with Gasteiger partial charge in [0.2, 0.25) is 0 Å². The molecule has 1 aromatic carbocycles. The maximum absolute atomic E-state index is 14.9. The summed E-state index contributed by atoms with van der Waals surface area (Å²) in [6, 6.07) is 6.34. The van der Waals surface area contributed by atoms with Crippen LogP contribution in [0.5, 0.6) is 0 Å². The molecule has 0 atom stereocenters. The van der Waals surface area contributed by atoms with Crippen LogP contribution in [0.1, 0.15) is 32.6 Å². The zero-order chi connectivity index (χ0) is 20.1. The van der Waals surface area contributed by atoms with Gasteiger partial charge < -0.3 is 10.0 Å². The van der Waals surface area contributed by atoms with Crippen LogP contribution in [0.25, 0.3) is 11.1 Å². The van der Waals surface area contributed by atoms with Crippen LogP contribution < -0.4 is 4.90 Å². The van der Waals surface area contributed by atoms with E-state index in [1.165, 1.54) is 12.1 Å². The minimum atomic E-state index is -0.826. The van der Waals surface area contributed by atoms with Crippen LogP contribution in [-0.2, 0) is 4.79 Å². The molecule has 1 N–H and O–H groups in total. The second-order valence-corrected chi connectivity index (χ2v) is 8.10. The first-order valence-electron chi connectivity index (χ1n) is 9.53. The molecule has 150 valence electrons. The number of aromatic nitrogens is 1. The van der Waals surface area contributed by atoms with E-state index in [2.05, 4.69) is 11.9 Å². The maximum Gasteiger partial charge on any atom is 0.303 e. The number of thioether (sulfide) groups is 1. The number of rotatable bonds is 7. The highest BCUT2D eigenvalue weighted by atomic mass is 32.2. The number of aliphatic carboxylic acids is 1. The van der Waals surface area contributed by atoms with Gasteiger partial charge in [-0.15, -0.1) is 11.8 Å². The molecule has 28 heavy (non-hydrogen) atoms. The van der Waals surface area contributed by atoms with Gasteiger partial charge in [-0.2, -0.15) is 0 Å². The Morgan fingerprint density at radius 3 is 2.57 bits per heavy atom. The number of anilines is 1. The Bertz CT molecular complexity index is 816. The van der Waals surface area contributed by atoms with Gasteiger partial charge in [0.05, 0.1) is 0 Å². The van der Waals surface area contributed by atoms with Crippen LogP contribution >= 0.6 is 11.8 Å². The van der Waals surface area contributed by atoms with E-state index >= 15 is 0 Å². The molecule has 0 radical (unpaired) electrons. The summed E-state index contributed by atoms with van der Waals surface area (Å²) < 4.78 is 29.7. The normalized spacial score (nSPS) is 15.0. The number of carboxylic acid groups (broad SMARTS) is 1. The van der Waals surface area contributed by atoms with Gasteiger partial charge in [0, 0.05) is 31.3 Å². The largest absolute Gasteiger partial charge is 0.481 e. The summed E-state index contributed by atoms with van der Waals surface area (Å²) >= 11 is 1.58. The van der Waals surface area contributed by atoms with Crippen molar-refractivity contribution >= 4 is 23.4 Å². The molecule has 1 fully saturated rings. The molecule has 0 spiro atoms. The fourth-order valence-electron chi connectivity index (χ4n) is 3.56. The van der Waals surface area contributed by atoms with Crippen molar-refractivity contribution in [3.8, 4) is 11.1 Å². The Morgan fingerprint density at radius 2 is 1.96 bits per heavy atom. The second-order valence-electron chi connectivity index (χ2n) is 7.02. The van der Waals surface area contributed by atoms with Crippen LogP contribution in [0, 0.1) is 17.6 Å². The Balaban J connectivity index is 1.82. The molecule has 0 saturated carbocycles. The fraction of sp³-hybridized carbons (Fsp3) is 0.429. The topological polar surface area (TPSA) is 53.4 Å². The van der Waals surface area contributed by atoms with E-state index in [0.717, 1.165) is 22.8 Å². The van der Waals surface area contributed by atoms with E-state index < -0.39 is 17.6 Å². The van der Waals surface area contributed by atoms with Gasteiger partial charge in [-0.1, -0.05) is 13.0 Å². The summed E-state index contributed by atoms with van der Waals surface area (Å²) in [5.74, 6) is -1.07. The molecule has 0 unspecified atom stereocenters. The summed E-state index contributed by atoms with van der Waals surface area (Å²) in [7, 11) is 0. The Morgan fingerprint density at radius 1 is 1.29 bits per heavy atom. The Labute approximate surface area is 168 Å². The predicted molar refractivity (Wildman–Crippen MR) is 108 cm³/mol. The van der Waals surface area contributed by atoms with Crippen LogP contribution in [0.15, 0.2) is 35.5 Å². The number of carbonyl (C=O) groups is 1. The lowest BCUT2D eigenvalue weighted by atomic mass is 9.93. The molecule has 3 rings (SSSR count). The molecule has 4 nitrogen and oxygen atoms in total. The third-order valence-electron chi connectivity index (χ3n) is 4.94. The van der Waals surface area contributed by atoms with E-state index in [-0.39, 0.29) is 18.0 Å². The minimum absolute atomic E-state index is 0.0239. The van der Waals surface area contributed by atoms with E-state index in [1.807, 2.05) is 6.07 Å². The third kappa shape index (κ3) is 4.82. The highest BCUT2D eigenvalue weighted by Gasteiger charge is 2.26. The second kappa shape index (κ2) is 9.37. The van der Waals surface area contributed by atoms with Gasteiger partial charge >= 0.3 is 5.97 Å². The summed E-state index contributed by atoms with van der Waals surface area (Å²) in [5.41, 5.74) is 1.18. The molecular formula is C21H24F2N2O2S. The molecule has 2 aromatic rings. The van der Waals surface area contributed by atoms with E-state index in [0.29, 0.717) is 31.5 Å². The lowest BCUT2D eigenvalue weighted by Crippen LogP contribution is -2.35. The standard InChI is InChI=1S/C21H24F2N2O2S/c1-2-10-28-21-16(4-3-7-24-21)15-12-17(22)20(18(23)13-15)25-8-5-14(6-9-25)11-19(26)27/h3-4,7,12-14H,2,5-6,8-11H2,1H3,(H,26,27). The molecule has 1 aliphatic rings. The summed E-state index contributed by atoms with van der Waals surface area (Å²) in [5, 5.41) is 9.68. The van der Waals surface area contributed by atoms with Crippen molar-refractivity contribution in [2.24, 2.45) is 5.92 Å². The number of carboxylic acids is 1. The molecule has 0 bridgehead atoms. The Kier molecular flexibility index (Phi) is 6.88. The van der Waals surface area contributed by atoms with Crippen LogP contribution in [0.4, 0.5) is 14.5 Å². The van der Waals surface area contributed by atoms with Crippen LogP contribution in [0.3, 0.4) is 0 Å². The lowest BCUT2D eigenvalue weighted by Gasteiger charge is -2.33. The highest BCUT2D eigenvalue weighted by molar-refractivity contribution is 7.99. The first kappa shape index (κ1) is 20.6. The van der Waals surface area contributed by atoms with Gasteiger partial charge in [0.25, 0.3) is 0 Å². The molecule has 0 amide bonds. The first-order chi connectivity index (χ1) is 13.5. The van der Waals surface area contributed by atoms with Gasteiger partial charge in [0.1, 0.15) is 22.3 Å². The Hall–Kier alpha value is -2.15. The van der Waals surface area contributed by atoms with E-state index in [4.69, 9.17) is 5.11 Å². The van der Waals surface area contributed by atoms with Crippen molar-refractivity contribution in [2.75, 3.05) is 23.7 Å². The summed E-state index contributed by atoms with van der Waals surface area (Å²) in [6.45, 7) is 2.98. The van der Waals surface area contributed by atoms with Crippen LogP contribution in [0.2, 0.25) is 0 Å². The van der Waals surface area contributed by atoms with Gasteiger partial charge in [0.15, 0.2) is 0 Å². The number of hydrogen-bond donors (Lipinski definition) is 1. The van der Waals surface area contributed by atoms with Crippen molar-refractivity contribution < 1.29 is 18.7 Å². The molecule has 2 heterocycles. The first-order valence-corrected chi connectivity index (χ1v) is 10.5. The minimum Gasteiger partial charge on any atom is -0.481 e. The quantitative estimate of drug-likeness (QED) is 0.639. The number of pyridine rings is 1. The maximum atomic E-state index is 14.9. The average molecular weight is 406 g/mol. The zero-order valence-corrected chi connectivity index (χ0v) is 16.6. The van der Waals surface area contributed by atoms with Crippen molar-refractivity contribution in [2.45, 2.75) is 37.6 Å². The zero-order valence-electron chi connectivity index (χ0n) is 15.8. The number of halogens is 2. The monoisotopic (exact) mass is 406 g/mol. The van der Waals surface area contributed by atoms with Crippen molar-refractivity contribution in [1.82, 2.24) is 4.98 Å². The molecule has 1 saturated heterocycles. The predicted octanol–water partition coefficient (Wildman–Crippen LogP) is 5.22. The van der Waals surface area contributed by atoms with Crippen molar-refractivity contribution in [3.05, 3.63) is 42.1 Å². The molecule has 0 aliphatic carbocycles. The number of hydrogen-bond acceptors (Lipinski definition) is 4. The van der Waals surface area contributed by atoms with Gasteiger partial charge in [-0.25, -0.2) is 13.8 Å². The summed E-state index contributed by atoms with van der Waals surface area (Å²) in [6.07, 6.45) is 4.02. The van der Waals surface area contributed by atoms with Gasteiger partial charge in [-0.3, -0.25) is 4.79 Å². The average Bonchev–Trinajstić information content (AvgIpc) is 2.67. The smallest absolute Gasteiger partial charge is 0.303 e. The van der Waals surface area contributed by atoms with Crippen LogP contribution in [-0.4, -0.2) is 34.9 Å². The number of piperidine rings is 1. The molecular weight excluding hydrogens is 382 g/mol. The van der Waals surface area contributed by atoms with Crippen molar-refractivity contribution in [1.29, 1.82) is 0 Å². The molecule has 1 aromatic heterocycles. The number of nitrogens with zero attached hydrogens (tertiary/aromatic N) is 2. The summed E-state index contributed by atoms with van der Waals surface area (Å²) in [4.78, 5) is 16.9. The van der Waals surface area contributed by atoms with Gasteiger partial charge in [-0.05, 0) is 54.7 Å². The third-order valence-corrected chi connectivity index (χ3v) is 6.15. The SMILES string of the molecule is CCCSc1ncccc1-c1cc(F)c(N2CCC(CC(=O)O)CC2)c(F)c1. The molecule has 1 aliphatic heterocycles. The lowest BCUT2D eigenvalue weighted by molar-refractivity contribution is -0.138.